The van der Waals surface area contributed by atoms with Gasteiger partial charge in [0.2, 0.25) is 0 Å². The van der Waals surface area contributed by atoms with Crippen molar-refractivity contribution in [2.75, 3.05) is 18.0 Å². The quantitative estimate of drug-likeness (QED) is 0.864. The van der Waals surface area contributed by atoms with Gasteiger partial charge in [-0.25, -0.2) is 4.79 Å². The Bertz CT molecular complexity index is 470. The summed E-state index contributed by atoms with van der Waals surface area (Å²) in [6, 6.07) is 0. The highest BCUT2D eigenvalue weighted by Crippen LogP contribution is 2.32. The van der Waals surface area contributed by atoms with Crippen LogP contribution in [0, 0.1) is 19.8 Å². The van der Waals surface area contributed by atoms with Crippen LogP contribution < -0.4 is 4.90 Å². The van der Waals surface area contributed by atoms with Gasteiger partial charge in [-0.3, -0.25) is 0 Å². The first-order valence-electron chi connectivity index (χ1n) is 6.36. The largest absolute Gasteiger partial charge is 0.478 e. The summed E-state index contributed by atoms with van der Waals surface area (Å²) in [5.41, 5.74) is 1.69. The van der Waals surface area contributed by atoms with Gasteiger partial charge in [-0.05, 0) is 45.1 Å². The Kier molecular flexibility index (Phi) is 3.50. The topological polar surface area (TPSA) is 66.3 Å². The van der Waals surface area contributed by atoms with Gasteiger partial charge in [-0.2, -0.15) is 5.10 Å². The Labute approximate surface area is 107 Å². The molecule has 1 saturated carbocycles. The fourth-order valence-corrected chi connectivity index (χ4v) is 2.05. The molecule has 0 aliphatic heterocycles. The molecule has 0 aromatic carbocycles. The molecule has 1 N–H and O–H groups in total. The van der Waals surface area contributed by atoms with Crippen LogP contribution in [0.3, 0.4) is 0 Å². The predicted octanol–water partition coefficient (Wildman–Crippen LogP) is 2.03. The molecule has 0 amide bonds. The monoisotopic (exact) mass is 249 g/mol. The van der Waals surface area contributed by atoms with Crippen LogP contribution >= 0.6 is 0 Å². The Morgan fingerprint density at radius 3 is 2.56 bits per heavy atom. The second-order valence-corrected chi connectivity index (χ2v) is 4.90. The Morgan fingerprint density at radius 2 is 2.06 bits per heavy atom. The van der Waals surface area contributed by atoms with Gasteiger partial charge in [0.05, 0.1) is 5.69 Å². The van der Waals surface area contributed by atoms with Gasteiger partial charge in [0.15, 0.2) is 5.82 Å². The lowest BCUT2D eigenvalue weighted by atomic mass is 10.1. The summed E-state index contributed by atoms with van der Waals surface area (Å²) in [5.74, 6) is 0.282. The molecule has 1 heterocycles. The molecule has 18 heavy (non-hydrogen) atoms. The molecule has 0 saturated heterocycles. The number of aromatic carboxylic acids is 1. The van der Waals surface area contributed by atoms with Crippen LogP contribution in [-0.4, -0.2) is 34.4 Å². The highest BCUT2D eigenvalue weighted by molar-refractivity contribution is 5.95. The highest BCUT2D eigenvalue weighted by Gasteiger charge is 2.27. The fraction of sp³-hybridized carbons (Fsp3) is 0.615. The van der Waals surface area contributed by atoms with Crippen molar-refractivity contribution in [2.45, 2.75) is 33.6 Å². The lowest BCUT2D eigenvalue weighted by Crippen LogP contribution is -2.29. The molecule has 1 fully saturated rings. The first-order chi connectivity index (χ1) is 8.54. The van der Waals surface area contributed by atoms with E-state index in [2.05, 4.69) is 10.2 Å². The van der Waals surface area contributed by atoms with Crippen molar-refractivity contribution in [1.82, 2.24) is 10.2 Å². The molecule has 5 nitrogen and oxygen atoms in total. The van der Waals surface area contributed by atoms with Gasteiger partial charge >= 0.3 is 5.97 Å². The molecule has 98 valence electrons. The first-order valence-corrected chi connectivity index (χ1v) is 6.36. The number of aryl methyl sites for hydroxylation is 1. The minimum Gasteiger partial charge on any atom is -0.478 e. The molecule has 1 aromatic heterocycles. The lowest BCUT2D eigenvalue weighted by molar-refractivity contribution is 0.0696. The molecule has 0 spiro atoms. The van der Waals surface area contributed by atoms with E-state index < -0.39 is 5.97 Å². The number of rotatable bonds is 5. The molecule has 1 aromatic rings. The second kappa shape index (κ2) is 4.92. The minimum atomic E-state index is -0.922. The van der Waals surface area contributed by atoms with Gasteiger partial charge in [0.25, 0.3) is 0 Å². The standard InChI is InChI=1S/C13H19N3O2/c1-4-16(7-10-5-6-10)12-11(13(17)18)8(2)9(3)14-15-12/h10H,4-7H2,1-3H3,(H,17,18). The molecule has 0 unspecified atom stereocenters. The van der Waals surface area contributed by atoms with E-state index in [9.17, 15) is 9.90 Å². The molecule has 2 rings (SSSR count). The van der Waals surface area contributed by atoms with Crippen molar-refractivity contribution in [2.24, 2.45) is 5.92 Å². The molecular formula is C13H19N3O2. The third-order valence-corrected chi connectivity index (χ3v) is 3.51. The Morgan fingerprint density at radius 1 is 1.39 bits per heavy atom. The zero-order valence-corrected chi connectivity index (χ0v) is 11.1. The van der Waals surface area contributed by atoms with E-state index in [4.69, 9.17) is 0 Å². The van der Waals surface area contributed by atoms with Crippen LogP contribution in [0.1, 0.15) is 41.4 Å². The first kappa shape index (κ1) is 12.8. The third-order valence-electron chi connectivity index (χ3n) is 3.51. The van der Waals surface area contributed by atoms with Gasteiger partial charge < -0.3 is 10.0 Å². The van der Waals surface area contributed by atoms with E-state index in [1.165, 1.54) is 12.8 Å². The molecule has 0 radical (unpaired) electrons. The Hall–Kier alpha value is -1.65. The van der Waals surface area contributed by atoms with Gasteiger partial charge in [0, 0.05) is 13.1 Å². The normalized spacial score (nSPS) is 14.6. The number of carboxylic acid groups (broad SMARTS) is 1. The van der Waals surface area contributed by atoms with E-state index in [1.807, 2.05) is 11.8 Å². The molecule has 1 aliphatic carbocycles. The van der Waals surface area contributed by atoms with Crippen LogP contribution in [0.2, 0.25) is 0 Å². The van der Waals surface area contributed by atoms with Crippen LogP contribution in [0.5, 0.6) is 0 Å². The van der Waals surface area contributed by atoms with Crippen LogP contribution in [0.25, 0.3) is 0 Å². The van der Waals surface area contributed by atoms with E-state index in [-0.39, 0.29) is 0 Å². The van der Waals surface area contributed by atoms with Crippen molar-refractivity contribution in [3.8, 4) is 0 Å². The summed E-state index contributed by atoms with van der Waals surface area (Å²) in [5, 5.41) is 17.5. The summed E-state index contributed by atoms with van der Waals surface area (Å²) < 4.78 is 0. The van der Waals surface area contributed by atoms with Crippen LogP contribution in [0.15, 0.2) is 0 Å². The summed E-state index contributed by atoms with van der Waals surface area (Å²) in [6.07, 6.45) is 2.47. The highest BCUT2D eigenvalue weighted by atomic mass is 16.4. The summed E-state index contributed by atoms with van der Waals surface area (Å²) in [6.45, 7) is 7.24. The van der Waals surface area contributed by atoms with Crippen LogP contribution in [-0.2, 0) is 0 Å². The molecule has 0 bridgehead atoms. The van der Waals surface area contributed by atoms with Crippen LogP contribution in [0.4, 0.5) is 5.82 Å². The average molecular weight is 249 g/mol. The summed E-state index contributed by atoms with van der Waals surface area (Å²) in [4.78, 5) is 13.5. The van der Waals surface area contributed by atoms with Crippen molar-refractivity contribution in [3.63, 3.8) is 0 Å². The summed E-state index contributed by atoms with van der Waals surface area (Å²) in [7, 11) is 0. The van der Waals surface area contributed by atoms with E-state index in [0.29, 0.717) is 28.6 Å². The maximum absolute atomic E-state index is 11.4. The number of aromatic nitrogens is 2. The van der Waals surface area contributed by atoms with Gasteiger partial charge in [0.1, 0.15) is 5.56 Å². The molecular weight excluding hydrogens is 230 g/mol. The Balaban J connectivity index is 2.40. The number of hydrogen-bond donors (Lipinski definition) is 1. The molecule has 0 atom stereocenters. The molecule has 1 aliphatic rings. The SMILES string of the molecule is CCN(CC1CC1)c1nnc(C)c(C)c1C(=O)O. The number of hydrogen-bond acceptors (Lipinski definition) is 4. The lowest BCUT2D eigenvalue weighted by Gasteiger charge is -2.23. The maximum Gasteiger partial charge on any atom is 0.339 e. The van der Waals surface area contributed by atoms with E-state index >= 15 is 0 Å². The zero-order valence-electron chi connectivity index (χ0n) is 11.1. The zero-order chi connectivity index (χ0) is 13.3. The number of carboxylic acids is 1. The van der Waals surface area contributed by atoms with E-state index in [0.717, 1.165) is 13.1 Å². The number of carbonyl (C=O) groups is 1. The number of nitrogens with zero attached hydrogens (tertiary/aromatic N) is 3. The third kappa shape index (κ3) is 2.44. The minimum absolute atomic E-state index is 0.296. The number of anilines is 1. The van der Waals surface area contributed by atoms with Crippen molar-refractivity contribution < 1.29 is 9.90 Å². The average Bonchev–Trinajstić information content (AvgIpc) is 3.13. The van der Waals surface area contributed by atoms with Crippen molar-refractivity contribution in [1.29, 1.82) is 0 Å². The van der Waals surface area contributed by atoms with Crippen molar-refractivity contribution >= 4 is 11.8 Å². The maximum atomic E-state index is 11.4. The van der Waals surface area contributed by atoms with E-state index in [1.54, 1.807) is 13.8 Å². The molecule has 5 heteroatoms. The summed E-state index contributed by atoms with van der Waals surface area (Å²) >= 11 is 0. The van der Waals surface area contributed by atoms with Gasteiger partial charge in [-0.15, -0.1) is 5.10 Å². The fourth-order valence-electron chi connectivity index (χ4n) is 2.05. The van der Waals surface area contributed by atoms with Crippen molar-refractivity contribution in [3.05, 3.63) is 16.8 Å². The second-order valence-electron chi connectivity index (χ2n) is 4.90. The predicted molar refractivity (Wildman–Crippen MR) is 69.1 cm³/mol. The smallest absolute Gasteiger partial charge is 0.339 e. The van der Waals surface area contributed by atoms with Gasteiger partial charge in [-0.1, -0.05) is 0 Å².